The average molecular weight is 260 g/mol. The first-order chi connectivity index (χ1) is 7.95. The Balaban J connectivity index is 2.96. The molecule has 0 bridgehead atoms. The van der Waals surface area contributed by atoms with E-state index in [1.54, 1.807) is 25.1 Å². The maximum absolute atomic E-state index is 12.5. The number of carbonyl (C=O) groups excluding carboxylic acids is 1. The molecule has 0 saturated heterocycles. The normalized spacial score (nSPS) is 12.6. The maximum atomic E-state index is 12.5. The molecule has 92 valence electrons. The van der Waals surface area contributed by atoms with Gasteiger partial charge in [-0.25, -0.2) is 0 Å². The Bertz CT molecular complexity index is 410. The lowest BCUT2D eigenvalue weighted by Gasteiger charge is -2.09. The second-order valence-corrected chi connectivity index (χ2v) is 4.48. The van der Waals surface area contributed by atoms with Crippen molar-refractivity contribution in [3.63, 3.8) is 0 Å². The Morgan fingerprint density at radius 2 is 1.88 bits per heavy atom. The molecule has 0 aliphatic rings. The number of carbonyl (C=O) groups is 1. The largest absolute Gasteiger partial charge is 0.422 e. The van der Waals surface area contributed by atoms with Crippen molar-refractivity contribution in [3.05, 3.63) is 46.9 Å². The summed E-state index contributed by atoms with van der Waals surface area (Å²) < 4.78 is 37.6. The molecular formula is C12H11F3OS. The van der Waals surface area contributed by atoms with Crippen molar-refractivity contribution in [1.82, 2.24) is 0 Å². The first-order valence-electron chi connectivity index (χ1n) is 4.96. The van der Waals surface area contributed by atoms with Crippen LogP contribution in [0.3, 0.4) is 0 Å². The monoisotopic (exact) mass is 260 g/mol. The summed E-state index contributed by atoms with van der Waals surface area (Å²) in [5.74, 6) is -0.355. The van der Waals surface area contributed by atoms with Gasteiger partial charge in [-0.3, -0.25) is 4.79 Å². The Morgan fingerprint density at radius 3 is 2.35 bits per heavy atom. The quantitative estimate of drug-likeness (QED) is 0.599. The molecule has 0 heterocycles. The van der Waals surface area contributed by atoms with Crippen LogP contribution in [0.2, 0.25) is 0 Å². The molecule has 0 aliphatic carbocycles. The summed E-state index contributed by atoms with van der Waals surface area (Å²) in [4.78, 5) is 10.7. The highest BCUT2D eigenvalue weighted by molar-refractivity contribution is 8.03. The van der Waals surface area contributed by atoms with Crippen LogP contribution in [-0.2, 0) is 0 Å². The van der Waals surface area contributed by atoms with Crippen molar-refractivity contribution in [1.29, 1.82) is 0 Å². The number of hydrogen-bond acceptors (Lipinski definition) is 2. The zero-order chi connectivity index (χ0) is 12.9. The molecule has 0 unspecified atom stereocenters. The van der Waals surface area contributed by atoms with E-state index >= 15 is 0 Å². The van der Waals surface area contributed by atoms with Gasteiger partial charge in [0, 0.05) is 11.6 Å². The number of halogens is 3. The number of alkyl halides is 3. The third-order valence-corrected chi connectivity index (χ3v) is 2.85. The molecule has 1 nitrogen and oxygen atoms in total. The van der Waals surface area contributed by atoms with Gasteiger partial charge in [-0.2, -0.15) is 13.2 Å². The number of allylic oxidation sites excluding steroid dienone is 2. The highest BCUT2D eigenvalue weighted by Crippen LogP contribution is 2.34. The minimum absolute atomic E-state index is 0.256. The van der Waals surface area contributed by atoms with E-state index in [1.807, 2.05) is 0 Å². The molecule has 0 fully saturated rings. The Morgan fingerprint density at radius 1 is 1.29 bits per heavy atom. The van der Waals surface area contributed by atoms with Gasteiger partial charge in [0.2, 0.25) is 0 Å². The summed E-state index contributed by atoms with van der Waals surface area (Å²) in [5, 5.41) is 0. The molecule has 0 saturated carbocycles. The molecule has 0 aromatic heterocycles. The van der Waals surface area contributed by atoms with Crippen LogP contribution in [0.25, 0.3) is 0 Å². The van der Waals surface area contributed by atoms with Crippen LogP contribution in [-0.4, -0.2) is 17.7 Å². The fourth-order valence-electron chi connectivity index (χ4n) is 1.17. The number of ketones is 1. The van der Waals surface area contributed by atoms with Crippen molar-refractivity contribution in [3.8, 4) is 0 Å². The van der Waals surface area contributed by atoms with Crippen LogP contribution in [0.15, 0.2) is 41.3 Å². The molecular weight excluding hydrogens is 249 g/mol. The molecule has 0 atom stereocenters. The van der Waals surface area contributed by atoms with E-state index in [-0.39, 0.29) is 11.3 Å². The molecule has 0 spiro atoms. The Labute approximate surface area is 102 Å². The number of hydrogen-bond donors (Lipinski definition) is 0. The zero-order valence-electron chi connectivity index (χ0n) is 9.12. The van der Waals surface area contributed by atoms with Crippen LogP contribution in [0.4, 0.5) is 13.2 Å². The lowest BCUT2D eigenvalue weighted by atomic mass is 10.1. The molecule has 0 N–H and O–H groups in total. The van der Waals surface area contributed by atoms with Gasteiger partial charge in [0.25, 0.3) is 0 Å². The van der Waals surface area contributed by atoms with Gasteiger partial charge in [0.15, 0.2) is 5.78 Å². The lowest BCUT2D eigenvalue weighted by Crippen LogP contribution is -2.11. The van der Waals surface area contributed by atoms with Gasteiger partial charge >= 0.3 is 6.18 Å². The van der Waals surface area contributed by atoms with E-state index in [1.165, 1.54) is 12.1 Å². The Kier molecular flexibility index (Phi) is 4.81. The SMILES string of the molecule is CCS/C(=C/C(=O)c1ccccc1)C(F)(F)F. The van der Waals surface area contributed by atoms with E-state index in [4.69, 9.17) is 0 Å². The number of benzene rings is 1. The van der Waals surface area contributed by atoms with Gasteiger partial charge < -0.3 is 0 Å². The van der Waals surface area contributed by atoms with Gasteiger partial charge in [-0.15, -0.1) is 11.8 Å². The summed E-state index contributed by atoms with van der Waals surface area (Å²) in [6.07, 6.45) is -3.81. The van der Waals surface area contributed by atoms with Crippen molar-refractivity contribution >= 4 is 17.5 Å². The van der Waals surface area contributed by atoms with Crippen molar-refractivity contribution in [2.45, 2.75) is 13.1 Å². The highest BCUT2D eigenvalue weighted by Gasteiger charge is 2.34. The fourth-order valence-corrected chi connectivity index (χ4v) is 1.83. The molecule has 0 radical (unpaired) electrons. The van der Waals surface area contributed by atoms with Crippen molar-refractivity contribution in [2.75, 3.05) is 5.75 Å². The smallest absolute Gasteiger partial charge is 0.289 e. The molecule has 0 aliphatic heterocycles. The number of rotatable bonds is 4. The van der Waals surface area contributed by atoms with E-state index in [0.29, 0.717) is 17.8 Å². The van der Waals surface area contributed by atoms with Gasteiger partial charge in [-0.1, -0.05) is 37.3 Å². The van der Waals surface area contributed by atoms with Crippen LogP contribution in [0.5, 0.6) is 0 Å². The minimum atomic E-state index is -4.47. The van der Waals surface area contributed by atoms with Crippen molar-refractivity contribution in [2.24, 2.45) is 0 Å². The fraction of sp³-hybridized carbons (Fsp3) is 0.250. The molecule has 17 heavy (non-hydrogen) atoms. The van der Waals surface area contributed by atoms with Crippen LogP contribution in [0, 0.1) is 0 Å². The van der Waals surface area contributed by atoms with E-state index in [0.717, 1.165) is 0 Å². The van der Waals surface area contributed by atoms with Gasteiger partial charge in [0.1, 0.15) is 0 Å². The van der Waals surface area contributed by atoms with Crippen LogP contribution in [0.1, 0.15) is 17.3 Å². The molecule has 1 aromatic rings. The van der Waals surface area contributed by atoms with Crippen LogP contribution >= 0.6 is 11.8 Å². The highest BCUT2D eigenvalue weighted by atomic mass is 32.2. The second-order valence-electron chi connectivity index (χ2n) is 3.17. The van der Waals surface area contributed by atoms with Gasteiger partial charge in [-0.05, 0) is 5.75 Å². The Hall–Kier alpha value is -1.23. The second kappa shape index (κ2) is 5.91. The third-order valence-electron chi connectivity index (χ3n) is 1.90. The lowest BCUT2D eigenvalue weighted by molar-refractivity contribution is -0.0836. The van der Waals surface area contributed by atoms with E-state index in [2.05, 4.69) is 0 Å². The third kappa shape index (κ3) is 4.26. The summed E-state index contributed by atoms with van der Waals surface area (Å²) >= 11 is 0.622. The van der Waals surface area contributed by atoms with E-state index in [9.17, 15) is 18.0 Å². The predicted octanol–water partition coefficient (Wildman–Crippen LogP) is 4.07. The summed E-state index contributed by atoms with van der Waals surface area (Å²) in [6.45, 7) is 1.61. The standard InChI is InChI=1S/C12H11F3OS/c1-2-17-11(12(13,14)15)8-10(16)9-6-4-3-5-7-9/h3-8H,2H2,1H3/b11-8+. The average Bonchev–Trinajstić information content (AvgIpc) is 2.28. The minimum Gasteiger partial charge on any atom is -0.289 e. The molecule has 0 amide bonds. The predicted molar refractivity (Wildman–Crippen MR) is 63.0 cm³/mol. The maximum Gasteiger partial charge on any atom is 0.422 e. The number of thioether (sulfide) groups is 1. The van der Waals surface area contributed by atoms with E-state index < -0.39 is 16.9 Å². The zero-order valence-corrected chi connectivity index (χ0v) is 9.94. The topological polar surface area (TPSA) is 17.1 Å². The summed E-state index contributed by atoms with van der Waals surface area (Å²) in [6, 6.07) is 7.90. The first kappa shape index (κ1) is 13.8. The summed E-state index contributed by atoms with van der Waals surface area (Å²) in [7, 11) is 0. The van der Waals surface area contributed by atoms with Crippen LogP contribution < -0.4 is 0 Å². The molecule has 5 heteroatoms. The first-order valence-corrected chi connectivity index (χ1v) is 5.94. The van der Waals surface area contributed by atoms with Crippen molar-refractivity contribution < 1.29 is 18.0 Å². The summed E-state index contributed by atoms with van der Waals surface area (Å²) in [5.41, 5.74) is 0.256. The molecule has 1 aromatic carbocycles. The molecule has 1 rings (SSSR count). The van der Waals surface area contributed by atoms with Gasteiger partial charge in [0.05, 0.1) is 4.91 Å².